The van der Waals surface area contributed by atoms with E-state index >= 15 is 0 Å². The average Bonchev–Trinajstić information content (AvgIpc) is 3.21. The van der Waals surface area contributed by atoms with Crippen molar-refractivity contribution < 1.29 is 32.8 Å². The Hall–Kier alpha value is -2.32. The van der Waals surface area contributed by atoms with Gasteiger partial charge in [0.1, 0.15) is 6.10 Å². The van der Waals surface area contributed by atoms with Crippen LogP contribution in [0.25, 0.3) is 0 Å². The zero-order chi connectivity index (χ0) is 42.3. The summed E-state index contributed by atoms with van der Waals surface area (Å²) in [5.41, 5.74) is 5.37. The second-order valence-corrected chi connectivity index (χ2v) is 16.3. The minimum Gasteiger partial charge on any atom is -0.457 e. The van der Waals surface area contributed by atoms with Gasteiger partial charge in [-0.25, -0.2) is 4.57 Å². The van der Waals surface area contributed by atoms with E-state index in [-0.39, 0.29) is 32.3 Å². The third-order valence-electron chi connectivity index (χ3n) is 9.31. The SMILES string of the molecule is CC/C=C\C/C=C\C/C=C\C/C=C\CCCCCCCCCCCCCOCC(COP(=O)(O)OCCN)OC(=O)CCCCCCC/C=C\C/C=C\C/C=C\CC. The number of esters is 1. The van der Waals surface area contributed by atoms with Gasteiger partial charge in [0.05, 0.1) is 19.8 Å². The molecule has 8 nitrogen and oxygen atoms in total. The molecule has 58 heavy (non-hydrogen) atoms. The number of hydrogen-bond acceptors (Lipinski definition) is 7. The van der Waals surface area contributed by atoms with Crippen LogP contribution in [0.1, 0.15) is 181 Å². The summed E-state index contributed by atoms with van der Waals surface area (Å²) in [7, 11) is -4.29. The van der Waals surface area contributed by atoms with Crippen LogP contribution in [0.3, 0.4) is 0 Å². The van der Waals surface area contributed by atoms with Gasteiger partial charge in [-0.15, -0.1) is 0 Å². The molecule has 0 bridgehead atoms. The predicted molar refractivity (Wildman–Crippen MR) is 247 cm³/mol. The molecule has 0 heterocycles. The monoisotopic (exact) mass is 832 g/mol. The highest BCUT2D eigenvalue weighted by atomic mass is 31.2. The van der Waals surface area contributed by atoms with E-state index in [0.29, 0.717) is 13.0 Å². The Kier molecular flexibility index (Phi) is 43.9. The number of nitrogens with two attached hydrogens (primary N) is 1. The summed E-state index contributed by atoms with van der Waals surface area (Å²) < 4.78 is 33.5. The van der Waals surface area contributed by atoms with E-state index in [1.165, 1.54) is 64.2 Å². The van der Waals surface area contributed by atoms with Crippen molar-refractivity contribution in [3.05, 3.63) is 85.1 Å². The molecule has 0 rings (SSSR count). The van der Waals surface area contributed by atoms with Crippen molar-refractivity contribution >= 4 is 13.8 Å². The van der Waals surface area contributed by atoms with Crippen LogP contribution < -0.4 is 5.73 Å². The zero-order valence-electron chi connectivity index (χ0n) is 37.0. The average molecular weight is 832 g/mol. The van der Waals surface area contributed by atoms with Gasteiger partial charge >= 0.3 is 13.8 Å². The van der Waals surface area contributed by atoms with Crippen LogP contribution in [0.5, 0.6) is 0 Å². The summed E-state index contributed by atoms with van der Waals surface area (Å²) in [6.45, 7) is 4.65. The fourth-order valence-corrected chi connectivity index (χ4v) is 6.77. The topological polar surface area (TPSA) is 117 Å². The van der Waals surface area contributed by atoms with Crippen LogP contribution in [-0.4, -0.2) is 49.9 Å². The number of ether oxygens (including phenoxy) is 2. The summed E-state index contributed by atoms with van der Waals surface area (Å²) in [6.07, 6.45) is 58.9. The van der Waals surface area contributed by atoms with Crippen molar-refractivity contribution in [1.29, 1.82) is 0 Å². The van der Waals surface area contributed by atoms with Gasteiger partial charge in [0.25, 0.3) is 0 Å². The minimum absolute atomic E-state index is 0.0926. The van der Waals surface area contributed by atoms with Gasteiger partial charge in [0, 0.05) is 19.6 Å². The van der Waals surface area contributed by atoms with Crippen LogP contribution in [0.2, 0.25) is 0 Å². The number of phosphoric ester groups is 1. The first-order chi connectivity index (χ1) is 28.4. The first kappa shape index (κ1) is 55.7. The molecule has 2 atom stereocenters. The molecule has 0 spiro atoms. The van der Waals surface area contributed by atoms with E-state index in [9.17, 15) is 14.3 Å². The van der Waals surface area contributed by atoms with Gasteiger partial charge in [-0.3, -0.25) is 13.8 Å². The van der Waals surface area contributed by atoms with Crippen molar-refractivity contribution in [3.63, 3.8) is 0 Å². The Labute approximate surface area is 356 Å². The third-order valence-corrected chi connectivity index (χ3v) is 10.3. The number of rotatable bonds is 43. The maximum absolute atomic E-state index is 12.6. The first-order valence-corrected chi connectivity index (χ1v) is 24.6. The van der Waals surface area contributed by atoms with Gasteiger partial charge in [-0.2, -0.15) is 0 Å². The van der Waals surface area contributed by atoms with Crippen LogP contribution >= 0.6 is 7.82 Å². The van der Waals surface area contributed by atoms with Crippen LogP contribution in [0, 0.1) is 0 Å². The quantitative estimate of drug-likeness (QED) is 0.0270. The van der Waals surface area contributed by atoms with Gasteiger partial charge in [-0.1, -0.05) is 176 Å². The standard InChI is InChI=1S/C49H86NO7P/c1-3-5-7-9-11-13-15-17-19-20-21-22-23-24-25-26-27-29-31-33-35-37-39-41-44-54-46-48(47-56-58(52,53)55-45-43-50)57-49(51)42-40-38-36-34-32-30-28-18-16-14-12-10-8-6-4-2/h5-8,11-14,17-19,21-22,28,48H,3-4,9-10,15-16,20,23-27,29-47,50H2,1-2H3,(H,52,53)/b7-5-,8-6-,13-11-,14-12-,19-17-,22-21-,28-18-. The molecule has 0 aromatic rings. The molecular weight excluding hydrogens is 746 g/mol. The highest BCUT2D eigenvalue weighted by Crippen LogP contribution is 2.43. The Morgan fingerprint density at radius 2 is 0.914 bits per heavy atom. The smallest absolute Gasteiger partial charge is 0.457 e. The van der Waals surface area contributed by atoms with Gasteiger partial charge in [0.2, 0.25) is 0 Å². The van der Waals surface area contributed by atoms with E-state index in [1.807, 2.05) is 0 Å². The molecule has 0 aliphatic carbocycles. The van der Waals surface area contributed by atoms with Crippen molar-refractivity contribution in [3.8, 4) is 0 Å². The Balaban J connectivity index is 3.99. The highest BCUT2D eigenvalue weighted by molar-refractivity contribution is 7.47. The fourth-order valence-electron chi connectivity index (χ4n) is 6.00. The van der Waals surface area contributed by atoms with Gasteiger partial charge in [-0.05, 0) is 83.5 Å². The largest absolute Gasteiger partial charge is 0.472 e. The molecule has 0 saturated heterocycles. The summed E-state index contributed by atoms with van der Waals surface area (Å²) in [5.74, 6) is -0.351. The van der Waals surface area contributed by atoms with E-state index in [2.05, 4.69) is 98.9 Å². The van der Waals surface area contributed by atoms with Crippen LogP contribution in [0.15, 0.2) is 85.1 Å². The molecular formula is C49H86NO7P. The molecule has 0 radical (unpaired) electrons. The van der Waals surface area contributed by atoms with Crippen molar-refractivity contribution in [2.24, 2.45) is 5.73 Å². The fraction of sp³-hybridized carbons (Fsp3) is 0.694. The maximum atomic E-state index is 12.6. The van der Waals surface area contributed by atoms with E-state index < -0.39 is 13.9 Å². The molecule has 3 N–H and O–H groups in total. The van der Waals surface area contributed by atoms with Crippen LogP contribution in [-0.2, 0) is 27.9 Å². The predicted octanol–water partition coefficient (Wildman–Crippen LogP) is 14.1. The lowest BCUT2D eigenvalue weighted by Crippen LogP contribution is -2.28. The Bertz CT molecular complexity index is 1160. The lowest BCUT2D eigenvalue weighted by atomic mass is 10.1. The maximum Gasteiger partial charge on any atom is 0.472 e. The lowest BCUT2D eigenvalue weighted by Gasteiger charge is -2.20. The molecule has 0 aliphatic rings. The molecule has 0 aromatic carbocycles. The molecule has 0 aromatic heterocycles. The molecule has 334 valence electrons. The van der Waals surface area contributed by atoms with E-state index in [0.717, 1.165) is 96.3 Å². The minimum atomic E-state index is -4.29. The third kappa shape index (κ3) is 44.8. The Morgan fingerprint density at radius 1 is 0.517 bits per heavy atom. The Morgan fingerprint density at radius 3 is 1.36 bits per heavy atom. The molecule has 0 aliphatic heterocycles. The number of phosphoric acid groups is 1. The number of unbranched alkanes of at least 4 members (excludes halogenated alkanes) is 16. The zero-order valence-corrected chi connectivity index (χ0v) is 37.9. The molecule has 0 amide bonds. The van der Waals surface area contributed by atoms with Gasteiger partial charge < -0.3 is 20.1 Å². The number of carbonyl (C=O) groups excluding carboxylic acids is 1. The summed E-state index contributed by atoms with van der Waals surface area (Å²) in [4.78, 5) is 22.5. The van der Waals surface area contributed by atoms with Crippen LogP contribution in [0.4, 0.5) is 0 Å². The van der Waals surface area contributed by atoms with Gasteiger partial charge in [0.15, 0.2) is 0 Å². The van der Waals surface area contributed by atoms with Crippen molar-refractivity contribution in [1.82, 2.24) is 0 Å². The lowest BCUT2D eigenvalue weighted by molar-refractivity contribution is -0.154. The molecule has 2 unspecified atom stereocenters. The second-order valence-electron chi connectivity index (χ2n) is 14.9. The second kappa shape index (κ2) is 45.8. The van der Waals surface area contributed by atoms with E-state index in [4.69, 9.17) is 24.3 Å². The van der Waals surface area contributed by atoms with E-state index in [1.54, 1.807) is 0 Å². The summed E-state index contributed by atoms with van der Waals surface area (Å²) >= 11 is 0. The molecule has 0 fully saturated rings. The van der Waals surface area contributed by atoms with Crippen molar-refractivity contribution in [2.75, 3.05) is 33.0 Å². The number of allylic oxidation sites excluding steroid dienone is 14. The number of hydrogen-bond donors (Lipinski definition) is 2. The molecule has 9 heteroatoms. The summed E-state index contributed by atoms with van der Waals surface area (Å²) in [5, 5.41) is 0. The highest BCUT2D eigenvalue weighted by Gasteiger charge is 2.25. The van der Waals surface area contributed by atoms with Crippen molar-refractivity contribution in [2.45, 2.75) is 187 Å². The molecule has 0 saturated carbocycles. The normalized spacial score (nSPS) is 14.2. The number of carbonyl (C=O) groups is 1. The summed E-state index contributed by atoms with van der Waals surface area (Å²) in [6, 6.07) is 0. The first-order valence-electron chi connectivity index (χ1n) is 23.1.